The minimum Gasteiger partial charge on any atom is -0.358 e. The Labute approximate surface area is 108 Å². The fraction of sp³-hybridized carbons (Fsp3) is 0.400. The molecule has 2 rings (SSSR count). The summed E-state index contributed by atoms with van der Waals surface area (Å²) in [6, 6.07) is 0. The molecule has 0 radical (unpaired) electrons. The lowest BCUT2D eigenvalue weighted by Crippen LogP contribution is -2.00. The fourth-order valence-electron chi connectivity index (χ4n) is 1.66. The normalized spacial score (nSPS) is 10.8. The monoisotopic (exact) mass is 267 g/mol. The Bertz CT molecular complexity index is 589. The summed E-state index contributed by atoms with van der Waals surface area (Å²) in [6.07, 6.45) is 3.46. The summed E-state index contributed by atoms with van der Waals surface area (Å²) < 4.78 is 3.63. The predicted molar refractivity (Wildman–Crippen MR) is 66.6 cm³/mol. The van der Waals surface area contributed by atoms with Crippen LogP contribution in [0.4, 0.5) is 5.82 Å². The van der Waals surface area contributed by atoms with Crippen LogP contribution in [0.5, 0.6) is 0 Å². The van der Waals surface area contributed by atoms with Crippen LogP contribution < -0.4 is 0 Å². The van der Waals surface area contributed by atoms with Crippen molar-refractivity contribution in [3.63, 3.8) is 0 Å². The summed E-state index contributed by atoms with van der Waals surface area (Å²) in [5.74, 6) is 0.531. The third kappa shape index (κ3) is 2.10. The Morgan fingerprint density at radius 3 is 2.78 bits per heavy atom. The molecular formula is C10H13N5O2S. The molecule has 0 amide bonds. The van der Waals surface area contributed by atoms with E-state index < -0.39 is 4.92 Å². The quantitative estimate of drug-likeness (QED) is 0.625. The Morgan fingerprint density at radius 1 is 1.56 bits per heavy atom. The highest BCUT2D eigenvalue weighted by atomic mass is 32.2. The smallest absolute Gasteiger partial charge is 0.358 e. The predicted octanol–water partition coefficient (Wildman–Crippen LogP) is 2.00. The Kier molecular flexibility index (Phi) is 3.37. The molecule has 0 atom stereocenters. The lowest BCUT2D eigenvalue weighted by molar-refractivity contribution is -0.392. The van der Waals surface area contributed by atoms with Crippen molar-refractivity contribution in [2.45, 2.75) is 30.6 Å². The summed E-state index contributed by atoms with van der Waals surface area (Å²) in [5.41, 5.74) is 0. The molecule has 0 aliphatic heterocycles. The third-order valence-electron chi connectivity index (χ3n) is 2.55. The second kappa shape index (κ2) is 4.81. The molecule has 0 aliphatic carbocycles. The number of rotatable bonds is 4. The number of hydrogen-bond donors (Lipinski definition) is 0. The second-order valence-corrected chi connectivity index (χ2v) is 4.67. The highest BCUT2D eigenvalue weighted by molar-refractivity contribution is 7.99. The standard InChI is InChI=1S/C10H13N5O2S/c1-4-14-7(2)12-8(15(16)17)9(14)18-10-11-5-6-13(10)3/h5-6H,4H2,1-3H3. The van der Waals surface area contributed by atoms with Gasteiger partial charge in [0, 0.05) is 32.9 Å². The molecule has 0 bridgehead atoms. The van der Waals surface area contributed by atoms with Gasteiger partial charge in [-0.2, -0.15) is 0 Å². The number of nitro groups is 1. The summed E-state index contributed by atoms with van der Waals surface area (Å²) >= 11 is 1.26. The molecule has 8 heteroatoms. The van der Waals surface area contributed by atoms with E-state index in [1.807, 2.05) is 23.1 Å². The summed E-state index contributed by atoms with van der Waals surface area (Å²) in [5, 5.41) is 12.2. The Morgan fingerprint density at radius 2 is 2.28 bits per heavy atom. The van der Waals surface area contributed by atoms with E-state index in [1.54, 1.807) is 19.3 Å². The maximum absolute atomic E-state index is 11.0. The van der Waals surface area contributed by atoms with Gasteiger partial charge in [0.25, 0.3) is 0 Å². The molecule has 96 valence electrons. The van der Waals surface area contributed by atoms with Crippen LogP contribution in [0, 0.1) is 17.0 Å². The van der Waals surface area contributed by atoms with Gasteiger partial charge in [0.2, 0.25) is 5.82 Å². The van der Waals surface area contributed by atoms with Crippen molar-refractivity contribution in [2.24, 2.45) is 7.05 Å². The first kappa shape index (κ1) is 12.6. The van der Waals surface area contributed by atoms with Crippen LogP contribution in [0.25, 0.3) is 0 Å². The number of aryl methyl sites for hydroxylation is 2. The zero-order valence-electron chi connectivity index (χ0n) is 10.3. The summed E-state index contributed by atoms with van der Waals surface area (Å²) in [6.45, 7) is 4.33. The molecule has 0 saturated carbocycles. The number of hydrogen-bond acceptors (Lipinski definition) is 5. The fourth-order valence-corrected chi connectivity index (χ4v) is 2.73. The molecule has 0 fully saturated rings. The highest BCUT2D eigenvalue weighted by Gasteiger charge is 2.26. The van der Waals surface area contributed by atoms with Gasteiger partial charge in [-0.3, -0.25) is 4.57 Å². The van der Waals surface area contributed by atoms with Crippen LogP contribution in [-0.2, 0) is 13.6 Å². The van der Waals surface area contributed by atoms with Crippen molar-refractivity contribution < 1.29 is 4.92 Å². The van der Waals surface area contributed by atoms with E-state index >= 15 is 0 Å². The molecule has 2 aromatic heterocycles. The van der Waals surface area contributed by atoms with E-state index in [2.05, 4.69) is 9.97 Å². The maximum atomic E-state index is 11.0. The first-order chi connectivity index (χ1) is 8.54. The molecule has 2 heterocycles. The molecular weight excluding hydrogens is 254 g/mol. The van der Waals surface area contributed by atoms with Crippen LogP contribution in [0.2, 0.25) is 0 Å². The lowest BCUT2D eigenvalue weighted by Gasteiger charge is -2.04. The van der Waals surface area contributed by atoms with Gasteiger partial charge in [-0.15, -0.1) is 0 Å². The van der Waals surface area contributed by atoms with Crippen molar-refractivity contribution in [3.8, 4) is 0 Å². The first-order valence-corrected chi connectivity index (χ1v) is 6.23. The third-order valence-corrected chi connectivity index (χ3v) is 3.72. The largest absolute Gasteiger partial charge is 0.396 e. The average Bonchev–Trinajstić information content (AvgIpc) is 2.84. The number of imidazole rings is 2. The van der Waals surface area contributed by atoms with Gasteiger partial charge >= 0.3 is 5.82 Å². The maximum Gasteiger partial charge on any atom is 0.396 e. The molecule has 0 unspecified atom stereocenters. The van der Waals surface area contributed by atoms with Gasteiger partial charge in [-0.1, -0.05) is 0 Å². The van der Waals surface area contributed by atoms with Crippen LogP contribution in [0.1, 0.15) is 12.7 Å². The highest BCUT2D eigenvalue weighted by Crippen LogP contribution is 2.34. The van der Waals surface area contributed by atoms with Crippen LogP contribution >= 0.6 is 11.8 Å². The van der Waals surface area contributed by atoms with Gasteiger partial charge in [0.1, 0.15) is 0 Å². The molecule has 0 spiro atoms. The van der Waals surface area contributed by atoms with E-state index in [-0.39, 0.29) is 5.82 Å². The average molecular weight is 267 g/mol. The van der Waals surface area contributed by atoms with Crippen molar-refractivity contribution in [1.82, 2.24) is 19.1 Å². The zero-order valence-corrected chi connectivity index (χ0v) is 11.1. The van der Waals surface area contributed by atoms with E-state index in [9.17, 15) is 10.1 Å². The van der Waals surface area contributed by atoms with Crippen molar-refractivity contribution in [1.29, 1.82) is 0 Å². The van der Waals surface area contributed by atoms with Crippen molar-refractivity contribution in [3.05, 3.63) is 28.3 Å². The first-order valence-electron chi connectivity index (χ1n) is 5.41. The van der Waals surface area contributed by atoms with Gasteiger partial charge in [0.05, 0.1) is 0 Å². The van der Waals surface area contributed by atoms with Crippen LogP contribution in [-0.4, -0.2) is 24.0 Å². The molecule has 0 N–H and O–H groups in total. The van der Waals surface area contributed by atoms with E-state index in [1.165, 1.54) is 11.8 Å². The minimum atomic E-state index is -0.454. The Balaban J connectivity index is 2.48. The molecule has 0 aromatic carbocycles. The summed E-state index contributed by atoms with van der Waals surface area (Å²) in [7, 11) is 1.85. The van der Waals surface area contributed by atoms with E-state index in [0.717, 1.165) is 0 Å². The molecule has 18 heavy (non-hydrogen) atoms. The van der Waals surface area contributed by atoms with Gasteiger partial charge in [-0.25, -0.2) is 4.98 Å². The van der Waals surface area contributed by atoms with Crippen LogP contribution in [0.3, 0.4) is 0 Å². The SMILES string of the molecule is CCn1c(C)nc([N+](=O)[O-])c1Sc1nccn1C. The summed E-state index contributed by atoms with van der Waals surface area (Å²) in [4.78, 5) is 18.7. The molecule has 7 nitrogen and oxygen atoms in total. The van der Waals surface area contributed by atoms with Gasteiger partial charge in [-0.05, 0) is 28.6 Å². The molecule has 0 saturated heterocycles. The minimum absolute atomic E-state index is 0.109. The topological polar surface area (TPSA) is 78.8 Å². The van der Waals surface area contributed by atoms with Crippen molar-refractivity contribution >= 4 is 17.6 Å². The van der Waals surface area contributed by atoms with Gasteiger partial charge < -0.3 is 14.7 Å². The van der Waals surface area contributed by atoms with E-state index in [4.69, 9.17) is 0 Å². The number of nitrogens with zero attached hydrogens (tertiary/aromatic N) is 5. The molecule has 0 aliphatic rings. The van der Waals surface area contributed by atoms with E-state index in [0.29, 0.717) is 22.6 Å². The van der Waals surface area contributed by atoms with Crippen LogP contribution in [0.15, 0.2) is 22.6 Å². The van der Waals surface area contributed by atoms with Gasteiger partial charge in [0.15, 0.2) is 10.2 Å². The number of aromatic nitrogens is 4. The van der Waals surface area contributed by atoms with Crippen molar-refractivity contribution in [2.75, 3.05) is 0 Å². The lowest BCUT2D eigenvalue weighted by atomic mass is 10.6. The zero-order chi connectivity index (χ0) is 13.3. The second-order valence-electron chi connectivity index (χ2n) is 3.71. The Hall–Kier alpha value is -1.83. The molecule has 2 aromatic rings.